The van der Waals surface area contributed by atoms with Crippen molar-refractivity contribution in [3.8, 4) is 11.5 Å². The van der Waals surface area contributed by atoms with Crippen LogP contribution in [0.25, 0.3) is 0 Å². The summed E-state index contributed by atoms with van der Waals surface area (Å²) in [4.78, 5) is 2.13. The average Bonchev–Trinajstić information content (AvgIpc) is 2.38. The van der Waals surface area contributed by atoms with Crippen LogP contribution in [0, 0.1) is 5.41 Å². The summed E-state index contributed by atoms with van der Waals surface area (Å²) in [6.07, 6.45) is 0.582. The molecule has 0 spiro atoms. The van der Waals surface area contributed by atoms with Crippen molar-refractivity contribution in [1.29, 1.82) is 5.41 Å². The Morgan fingerprint density at radius 3 is 2.42 bits per heavy atom. The molecule has 0 radical (unpaired) electrons. The first-order valence-corrected chi connectivity index (χ1v) is 6.33. The van der Waals surface area contributed by atoms with Gasteiger partial charge in [-0.2, -0.15) is 0 Å². The van der Waals surface area contributed by atoms with E-state index >= 15 is 0 Å². The Bertz CT molecular complexity index is 392. The highest BCUT2D eigenvalue weighted by Gasteiger charge is 2.10. The van der Waals surface area contributed by atoms with Gasteiger partial charge in [0.2, 0.25) is 0 Å². The molecule has 5 nitrogen and oxygen atoms in total. The molecule has 5 heteroatoms. The molecule has 0 amide bonds. The van der Waals surface area contributed by atoms with E-state index in [9.17, 15) is 0 Å². The number of methoxy groups -OCH3 is 1. The van der Waals surface area contributed by atoms with Crippen LogP contribution in [0.1, 0.15) is 13.3 Å². The number of likely N-dealkylation sites (N-methyl/N-ethyl adjacent to an activating group) is 1. The Kier molecular flexibility index (Phi) is 6.15. The fraction of sp³-hybridized carbons (Fsp3) is 0.500. The smallest absolute Gasteiger partial charge is 0.119 e. The van der Waals surface area contributed by atoms with Crippen molar-refractivity contribution in [2.45, 2.75) is 19.4 Å². The molecule has 0 aromatic heterocycles. The largest absolute Gasteiger partial charge is 0.497 e. The van der Waals surface area contributed by atoms with Crippen LogP contribution in [0.3, 0.4) is 0 Å². The number of hydrogen-bond acceptors (Lipinski definition) is 4. The molecule has 0 aliphatic carbocycles. The van der Waals surface area contributed by atoms with Crippen molar-refractivity contribution >= 4 is 5.84 Å². The van der Waals surface area contributed by atoms with E-state index in [0.717, 1.165) is 18.0 Å². The van der Waals surface area contributed by atoms with Crippen LogP contribution in [0.4, 0.5) is 0 Å². The van der Waals surface area contributed by atoms with Crippen LogP contribution in [0.2, 0.25) is 0 Å². The second-order valence-corrected chi connectivity index (χ2v) is 4.58. The van der Waals surface area contributed by atoms with Crippen molar-refractivity contribution in [2.24, 2.45) is 5.73 Å². The van der Waals surface area contributed by atoms with Gasteiger partial charge < -0.3 is 15.2 Å². The maximum atomic E-state index is 7.28. The number of nitrogens with one attached hydrogen (secondary N) is 1. The fourth-order valence-electron chi connectivity index (χ4n) is 1.67. The van der Waals surface area contributed by atoms with Gasteiger partial charge in [-0.15, -0.1) is 0 Å². The molecule has 106 valence electrons. The van der Waals surface area contributed by atoms with Crippen LogP contribution in [0.15, 0.2) is 24.3 Å². The maximum Gasteiger partial charge on any atom is 0.119 e. The summed E-state index contributed by atoms with van der Waals surface area (Å²) in [6, 6.07) is 7.77. The normalized spacial score (nSPS) is 12.2. The van der Waals surface area contributed by atoms with Crippen LogP contribution in [0.5, 0.6) is 11.5 Å². The second-order valence-electron chi connectivity index (χ2n) is 4.58. The topological polar surface area (TPSA) is 71.6 Å². The van der Waals surface area contributed by atoms with Gasteiger partial charge in [-0.1, -0.05) is 0 Å². The zero-order valence-corrected chi connectivity index (χ0v) is 11.8. The molecule has 3 N–H and O–H groups in total. The summed E-state index contributed by atoms with van der Waals surface area (Å²) in [5.74, 6) is 1.86. The van der Waals surface area contributed by atoms with Gasteiger partial charge in [-0.05, 0) is 38.2 Å². The average molecular weight is 265 g/mol. The third-order valence-corrected chi connectivity index (χ3v) is 3.04. The molecule has 19 heavy (non-hydrogen) atoms. The fourth-order valence-corrected chi connectivity index (χ4v) is 1.67. The molecular weight excluding hydrogens is 242 g/mol. The Morgan fingerprint density at radius 1 is 1.32 bits per heavy atom. The minimum Gasteiger partial charge on any atom is -0.497 e. The van der Waals surface area contributed by atoms with Gasteiger partial charge in [0.25, 0.3) is 0 Å². The maximum absolute atomic E-state index is 7.28. The number of rotatable bonds is 8. The summed E-state index contributed by atoms with van der Waals surface area (Å²) >= 11 is 0. The minimum atomic E-state index is 0.218. The third kappa shape index (κ3) is 5.61. The van der Waals surface area contributed by atoms with Crippen LogP contribution < -0.4 is 15.2 Å². The molecule has 1 aromatic rings. The molecule has 1 rings (SSSR count). The summed E-state index contributed by atoms with van der Waals surface area (Å²) in [5.41, 5.74) is 5.39. The lowest BCUT2D eigenvalue weighted by Crippen LogP contribution is -2.35. The number of amidine groups is 1. The minimum absolute atomic E-state index is 0.218. The molecule has 0 aliphatic rings. The van der Waals surface area contributed by atoms with Crippen LogP contribution in [-0.4, -0.2) is 44.1 Å². The van der Waals surface area contributed by atoms with E-state index in [1.807, 2.05) is 31.3 Å². The van der Waals surface area contributed by atoms with Crippen LogP contribution >= 0.6 is 0 Å². The van der Waals surface area contributed by atoms with Crippen molar-refractivity contribution in [3.05, 3.63) is 24.3 Å². The Labute approximate surface area is 114 Å². The quantitative estimate of drug-likeness (QED) is 0.554. The molecule has 0 aliphatic heterocycles. The molecular formula is C14H23N3O2. The van der Waals surface area contributed by atoms with E-state index < -0.39 is 0 Å². The Balaban J connectivity index is 2.30. The predicted octanol–water partition coefficient (Wildman–Crippen LogP) is 1.72. The first kappa shape index (κ1) is 15.3. The number of nitrogens with two attached hydrogens (primary N) is 1. The lowest BCUT2D eigenvalue weighted by atomic mass is 10.2. The van der Waals surface area contributed by atoms with Crippen molar-refractivity contribution < 1.29 is 9.47 Å². The highest BCUT2D eigenvalue weighted by atomic mass is 16.5. The van der Waals surface area contributed by atoms with Crippen LogP contribution in [-0.2, 0) is 0 Å². The third-order valence-electron chi connectivity index (χ3n) is 3.04. The van der Waals surface area contributed by atoms with E-state index in [1.54, 1.807) is 7.11 Å². The van der Waals surface area contributed by atoms with E-state index in [2.05, 4.69) is 11.8 Å². The number of benzene rings is 1. The first-order valence-electron chi connectivity index (χ1n) is 6.33. The Morgan fingerprint density at radius 2 is 1.89 bits per heavy atom. The molecule has 1 atom stereocenters. The van der Waals surface area contributed by atoms with Gasteiger partial charge in [0.05, 0.1) is 12.9 Å². The van der Waals surface area contributed by atoms with Gasteiger partial charge in [0.1, 0.15) is 18.1 Å². The zero-order chi connectivity index (χ0) is 14.3. The van der Waals surface area contributed by atoms with Gasteiger partial charge in [0, 0.05) is 19.0 Å². The lowest BCUT2D eigenvalue weighted by Gasteiger charge is -2.24. The second kappa shape index (κ2) is 7.63. The van der Waals surface area contributed by atoms with E-state index in [1.165, 1.54) is 0 Å². The van der Waals surface area contributed by atoms with E-state index in [-0.39, 0.29) is 11.9 Å². The molecule has 1 aromatic carbocycles. The molecule has 0 saturated heterocycles. The van der Waals surface area contributed by atoms with Crippen molar-refractivity contribution in [2.75, 3.05) is 27.3 Å². The highest BCUT2D eigenvalue weighted by Crippen LogP contribution is 2.16. The zero-order valence-electron chi connectivity index (χ0n) is 11.8. The Hall–Kier alpha value is -1.75. The monoisotopic (exact) mass is 265 g/mol. The predicted molar refractivity (Wildman–Crippen MR) is 77.1 cm³/mol. The van der Waals surface area contributed by atoms with E-state index in [4.69, 9.17) is 20.6 Å². The SMILES string of the molecule is COc1ccc(OCCN(C)C(C)CC(=N)N)cc1. The summed E-state index contributed by atoms with van der Waals surface area (Å²) in [6.45, 7) is 3.44. The molecule has 0 saturated carbocycles. The first-order chi connectivity index (χ1) is 9.02. The van der Waals surface area contributed by atoms with E-state index in [0.29, 0.717) is 13.0 Å². The molecule has 0 heterocycles. The van der Waals surface area contributed by atoms with Gasteiger partial charge in [-0.25, -0.2) is 0 Å². The van der Waals surface area contributed by atoms with Gasteiger partial charge in [-0.3, -0.25) is 10.3 Å². The van der Waals surface area contributed by atoms with Gasteiger partial charge in [0.15, 0.2) is 0 Å². The molecule has 0 fully saturated rings. The van der Waals surface area contributed by atoms with Crippen molar-refractivity contribution in [3.63, 3.8) is 0 Å². The summed E-state index contributed by atoms with van der Waals surface area (Å²) < 4.78 is 10.7. The number of nitrogens with zero attached hydrogens (tertiary/aromatic N) is 1. The standard InChI is InChI=1S/C14H23N3O2/c1-11(10-14(15)16)17(2)8-9-19-13-6-4-12(18-3)5-7-13/h4-7,11H,8-10H2,1-3H3,(H3,15,16). The summed E-state index contributed by atoms with van der Waals surface area (Å²) in [7, 11) is 3.65. The summed E-state index contributed by atoms with van der Waals surface area (Å²) in [5, 5.41) is 7.28. The number of hydrogen-bond donors (Lipinski definition) is 2. The molecule has 0 bridgehead atoms. The van der Waals surface area contributed by atoms with Gasteiger partial charge >= 0.3 is 0 Å². The molecule has 1 unspecified atom stereocenters. The highest BCUT2D eigenvalue weighted by molar-refractivity contribution is 5.77. The van der Waals surface area contributed by atoms with Crippen molar-refractivity contribution in [1.82, 2.24) is 4.90 Å². The number of ether oxygens (including phenoxy) is 2. The lowest BCUT2D eigenvalue weighted by molar-refractivity contribution is 0.202.